The van der Waals surface area contributed by atoms with Crippen LogP contribution in [0.4, 0.5) is 19.0 Å². The van der Waals surface area contributed by atoms with Crippen LogP contribution in [0.5, 0.6) is 5.88 Å². The molecule has 7 heteroatoms. The molecule has 0 aromatic carbocycles. The quantitative estimate of drug-likeness (QED) is 0.802. The zero-order valence-electron chi connectivity index (χ0n) is 10.3. The lowest BCUT2D eigenvalue weighted by atomic mass is 10.2. The summed E-state index contributed by atoms with van der Waals surface area (Å²) in [6, 6.07) is 1.61. The number of anilines is 1. The van der Waals surface area contributed by atoms with Crippen LogP contribution in [0, 0.1) is 6.92 Å². The second-order valence-electron chi connectivity index (χ2n) is 3.84. The van der Waals surface area contributed by atoms with Crippen molar-refractivity contribution in [1.29, 1.82) is 0 Å². The maximum atomic E-state index is 11.9. The number of unbranched alkanes of at least 4 members (excludes halogenated alkanes) is 1. The van der Waals surface area contributed by atoms with Crippen LogP contribution in [0.3, 0.4) is 0 Å². The van der Waals surface area contributed by atoms with Crippen LogP contribution in [0.25, 0.3) is 0 Å². The second kappa shape index (κ2) is 6.42. The first-order chi connectivity index (χ1) is 8.40. The van der Waals surface area contributed by atoms with Gasteiger partial charge in [0.15, 0.2) is 0 Å². The largest absolute Gasteiger partial charge is 0.481 e. The van der Waals surface area contributed by atoms with E-state index in [1.807, 2.05) is 0 Å². The molecule has 0 radical (unpaired) electrons. The van der Waals surface area contributed by atoms with E-state index in [1.54, 1.807) is 13.0 Å². The Labute approximate surface area is 104 Å². The van der Waals surface area contributed by atoms with Crippen LogP contribution in [0.2, 0.25) is 0 Å². The topological polar surface area (TPSA) is 47.0 Å². The van der Waals surface area contributed by atoms with Gasteiger partial charge in [0.2, 0.25) is 5.88 Å². The molecule has 1 N–H and O–H groups in total. The number of nitrogens with one attached hydrogen (secondary N) is 1. The number of rotatable bonds is 6. The number of halogens is 3. The van der Waals surface area contributed by atoms with Crippen molar-refractivity contribution in [3.63, 3.8) is 0 Å². The molecule has 1 heterocycles. The van der Waals surface area contributed by atoms with Crippen molar-refractivity contribution in [2.24, 2.45) is 0 Å². The Kier molecular flexibility index (Phi) is 5.18. The highest BCUT2D eigenvalue weighted by Crippen LogP contribution is 2.22. The van der Waals surface area contributed by atoms with E-state index in [9.17, 15) is 13.2 Å². The molecule has 0 unspecified atom stereocenters. The highest BCUT2D eigenvalue weighted by Gasteiger charge is 2.25. The zero-order chi connectivity index (χ0) is 13.6. The summed E-state index contributed by atoms with van der Waals surface area (Å²) < 4.78 is 40.7. The lowest BCUT2D eigenvalue weighted by Crippen LogP contribution is -2.09. The molecule has 0 saturated heterocycles. The van der Waals surface area contributed by atoms with Crippen LogP contribution in [-0.4, -0.2) is 29.8 Å². The molecule has 1 aromatic rings. The smallest absolute Gasteiger partial charge is 0.389 e. The molecular formula is C11H16F3N3O. The number of hydrogen-bond donors (Lipinski definition) is 1. The van der Waals surface area contributed by atoms with E-state index < -0.39 is 12.6 Å². The van der Waals surface area contributed by atoms with Gasteiger partial charge in [0.25, 0.3) is 0 Å². The Hall–Kier alpha value is -1.53. The van der Waals surface area contributed by atoms with Gasteiger partial charge in [0.1, 0.15) is 11.6 Å². The number of aromatic nitrogens is 2. The standard InChI is InChI=1S/C11H16F3N3O/c1-8-16-9(7-10(17-8)18-2)15-6-4-3-5-11(12,13)14/h7H,3-6H2,1-2H3,(H,15,16,17). The van der Waals surface area contributed by atoms with Crippen LogP contribution >= 0.6 is 0 Å². The molecule has 0 aliphatic rings. The Morgan fingerprint density at radius 2 is 2.00 bits per heavy atom. The number of ether oxygens (including phenoxy) is 1. The first-order valence-corrected chi connectivity index (χ1v) is 5.61. The fourth-order valence-corrected chi connectivity index (χ4v) is 1.40. The van der Waals surface area contributed by atoms with E-state index in [4.69, 9.17) is 4.74 Å². The Morgan fingerprint density at radius 3 is 2.61 bits per heavy atom. The van der Waals surface area contributed by atoms with Crippen LogP contribution in [-0.2, 0) is 0 Å². The summed E-state index contributed by atoms with van der Waals surface area (Å²) in [6.07, 6.45) is -4.28. The zero-order valence-corrected chi connectivity index (χ0v) is 10.3. The normalized spacial score (nSPS) is 11.4. The number of methoxy groups -OCH3 is 1. The molecule has 0 aliphatic heterocycles. The SMILES string of the molecule is COc1cc(NCCCCC(F)(F)F)nc(C)n1. The minimum absolute atomic E-state index is 0.109. The molecule has 0 bridgehead atoms. The van der Waals surface area contributed by atoms with Gasteiger partial charge in [-0.15, -0.1) is 0 Å². The highest BCUT2D eigenvalue weighted by atomic mass is 19.4. The summed E-state index contributed by atoms with van der Waals surface area (Å²) >= 11 is 0. The third kappa shape index (κ3) is 5.70. The predicted molar refractivity (Wildman–Crippen MR) is 61.7 cm³/mol. The lowest BCUT2D eigenvalue weighted by Gasteiger charge is -2.08. The molecule has 102 valence electrons. The summed E-state index contributed by atoms with van der Waals surface area (Å²) in [7, 11) is 1.49. The number of aryl methyl sites for hydroxylation is 1. The van der Waals surface area contributed by atoms with Crippen LogP contribution in [0.1, 0.15) is 25.1 Å². The summed E-state index contributed by atoms with van der Waals surface area (Å²) in [5.74, 6) is 1.54. The molecule has 18 heavy (non-hydrogen) atoms. The molecular weight excluding hydrogens is 247 g/mol. The summed E-state index contributed by atoms with van der Waals surface area (Å²) in [4.78, 5) is 8.11. The van der Waals surface area contributed by atoms with Crippen LogP contribution in [0.15, 0.2) is 6.07 Å². The molecule has 0 aliphatic carbocycles. The minimum atomic E-state index is -4.07. The van der Waals surface area contributed by atoms with E-state index in [-0.39, 0.29) is 6.42 Å². The van der Waals surface area contributed by atoms with Crippen molar-refractivity contribution in [2.75, 3.05) is 19.0 Å². The first kappa shape index (κ1) is 14.5. The van der Waals surface area contributed by atoms with E-state index in [0.29, 0.717) is 30.5 Å². The van der Waals surface area contributed by atoms with Crippen molar-refractivity contribution in [3.05, 3.63) is 11.9 Å². The average Bonchev–Trinajstić information content (AvgIpc) is 2.26. The summed E-state index contributed by atoms with van der Waals surface area (Å²) in [5.41, 5.74) is 0. The van der Waals surface area contributed by atoms with Crippen molar-refractivity contribution in [3.8, 4) is 5.88 Å². The van der Waals surface area contributed by atoms with E-state index in [1.165, 1.54) is 7.11 Å². The van der Waals surface area contributed by atoms with E-state index in [2.05, 4.69) is 15.3 Å². The summed E-state index contributed by atoms with van der Waals surface area (Å²) in [6.45, 7) is 2.16. The summed E-state index contributed by atoms with van der Waals surface area (Å²) in [5, 5.41) is 2.95. The maximum Gasteiger partial charge on any atom is 0.389 e. The molecule has 0 saturated carbocycles. The monoisotopic (exact) mass is 263 g/mol. The van der Waals surface area contributed by atoms with Gasteiger partial charge < -0.3 is 10.1 Å². The Balaban J connectivity index is 2.33. The maximum absolute atomic E-state index is 11.9. The fourth-order valence-electron chi connectivity index (χ4n) is 1.40. The minimum Gasteiger partial charge on any atom is -0.481 e. The number of hydrogen-bond acceptors (Lipinski definition) is 4. The van der Waals surface area contributed by atoms with Crippen molar-refractivity contribution >= 4 is 5.82 Å². The van der Waals surface area contributed by atoms with E-state index in [0.717, 1.165) is 0 Å². The van der Waals surface area contributed by atoms with E-state index >= 15 is 0 Å². The van der Waals surface area contributed by atoms with Crippen molar-refractivity contribution in [2.45, 2.75) is 32.4 Å². The number of alkyl halides is 3. The molecule has 1 aromatic heterocycles. The lowest BCUT2D eigenvalue weighted by molar-refractivity contribution is -0.135. The average molecular weight is 263 g/mol. The van der Waals surface area contributed by atoms with Gasteiger partial charge in [-0.2, -0.15) is 18.2 Å². The highest BCUT2D eigenvalue weighted by molar-refractivity contribution is 5.38. The van der Waals surface area contributed by atoms with Crippen LogP contribution < -0.4 is 10.1 Å². The number of nitrogens with zero attached hydrogens (tertiary/aromatic N) is 2. The van der Waals surface area contributed by atoms with Gasteiger partial charge in [0, 0.05) is 19.0 Å². The molecule has 4 nitrogen and oxygen atoms in total. The van der Waals surface area contributed by atoms with Gasteiger partial charge in [-0.3, -0.25) is 0 Å². The molecule has 0 atom stereocenters. The first-order valence-electron chi connectivity index (χ1n) is 5.61. The third-order valence-corrected chi connectivity index (χ3v) is 2.22. The Bertz CT molecular complexity index is 382. The van der Waals surface area contributed by atoms with Gasteiger partial charge in [0.05, 0.1) is 7.11 Å². The van der Waals surface area contributed by atoms with Gasteiger partial charge in [-0.25, -0.2) is 4.98 Å². The fraction of sp³-hybridized carbons (Fsp3) is 0.636. The van der Waals surface area contributed by atoms with Gasteiger partial charge >= 0.3 is 6.18 Å². The van der Waals surface area contributed by atoms with Gasteiger partial charge in [-0.1, -0.05) is 0 Å². The molecule has 1 rings (SSSR count). The Morgan fingerprint density at radius 1 is 1.28 bits per heavy atom. The third-order valence-electron chi connectivity index (χ3n) is 2.22. The molecule has 0 amide bonds. The van der Waals surface area contributed by atoms with Gasteiger partial charge in [-0.05, 0) is 19.8 Å². The van der Waals surface area contributed by atoms with Crippen molar-refractivity contribution < 1.29 is 17.9 Å². The molecule has 0 spiro atoms. The molecule has 0 fully saturated rings. The second-order valence-corrected chi connectivity index (χ2v) is 3.84. The van der Waals surface area contributed by atoms with Crippen molar-refractivity contribution in [1.82, 2.24) is 9.97 Å². The predicted octanol–water partition coefficient (Wildman–Crippen LogP) is 2.94.